The summed E-state index contributed by atoms with van der Waals surface area (Å²) in [6, 6.07) is 0. The highest BCUT2D eigenvalue weighted by atomic mass is 16.6. The van der Waals surface area contributed by atoms with Crippen LogP contribution in [0.3, 0.4) is 0 Å². The normalized spacial score (nSPS) is 12.4. The van der Waals surface area contributed by atoms with Gasteiger partial charge >= 0.3 is 11.9 Å². The van der Waals surface area contributed by atoms with Crippen molar-refractivity contribution in [1.29, 1.82) is 0 Å². The van der Waals surface area contributed by atoms with E-state index in [2.05, 4.69) is 62.5 Å². The number of unbranched alkanes of at least 4 members (excludes halogenated alkanes) is 31. The minimum Gasteiger partial charge on any atom is -0.481 e. The lowest BCUT2D eigenvalue weighted by atomic mass is 9.93. The SMILES string of the molecule is CCCCCCCCC=CCCCCCCCC(=O)O.CCCCCCCCC=CCCCCCCCC(=O)OC(CCC)NC(=O)CC(CCCCCC=CCCCCCCCC)C(C)=O. The third kappa shape index (κ3) is 55.8. The summed E-state index contributed by atoms with van der Waals surface area (Å²) in [6.07, 6.45) is 61.9. The number of esters is 1. The molecule has 0 spiro atoms. The van der Waals surface area contributed by atoms with Gasteiger partial charge in [0, 0.05) is 31.6 Å². The van der Waals surface area contributed by atoms with E-state index in [9.17, 15) is 19.2 Å². The zero-order valence-electron chi connectivity index (χ0n) is 45.0. The molecule has 0 aliphatic heterocycles. The summed E-state index contributed by atoms with van der Waals surface area (Å²) in [5.74, 6) is -1.32. The fourth-order valence-corrected chi connectivity index (χ4v) is 8.35. The highest BCUT2D eigenvalue weighted by Gasteiger charge is 2.22. The van der Waals surface area contributed by atoms with Crippen molar-refractivity contribution < 1.29 is 29.0 Å². The van der Waals surface area contributed by atoms with E-state index in [1.54, 1.807) is 6.92 Å². The van der Waals surface area contributed by atoms with Crippen molar-refractivity contribution in [3.63, 3.8) is 0 Å². The van der Waals surface area contributed by atoms with Crippen molar-refractivity contribution in [2.45, 2.75) is 317 Å². The van der Waals surface area contributed by atoms with Crippen LogP contribution in [0.5, 0.6) is 0 Å². The van der Waals surface area contributed by atoms with Crippen molar-refractivity contribution in [1.82, 2.24) is 5.32 Å². The Bertz CT molecular complexity index is 1180. The molecular weight excluding hydrogens is 831 g/mol. The van der Waals surface area contributed by atoms with Gasteiger partial charge in [-0.3, -0.25) is 19.2 Å². The molecule has 67 heavy (non-hydrogen) atoms. The lowest BCUT2D eigenvalue weighted by Crippen LogP contribution is -2.39. The van der Waals surface area contributed by atoms with Crippen LogP contribution in [0.15, 0.2) is 36.5 Å². The second-order valence-electron chi connectivity index (χ2n) is 19.6. The van der Waals surface area contributed by atoms with Crippen LogP contribution in [-0.4, -0.2) is 35.0 Å². The van der Waals surface area contributed by atoms with Crippen LogP contribution >= 0.6 is 0 Å². The number of amides is 1. The molecule has 0 saturated carbocycles. The first-order chi connectivity index (χ1) is 32.7. The Balaban J connectivity index is 0. The third-order valence-electron chi connectivity index (χ3n) is 12.8. The third-order valence-corrected chi connectivity index (χ3v) is 12.8. The zero-order valence-corrected chi connectivity index (χ0v) is 45.0. The van der Waals surface area contributed by atoms with Crippen molar-refractivity contribution in [2.75, 3.05) is 0 Å². The Kier molecular flexibility index (Phi) is 55.4. The Morgan fingerprint density at radius 2 is 0.746 bits per heavy atom. The number of carbonyl (C=O) groups is 4. The van der Waals surface area contributed by atoms with Gasteiger partial charge in [0.15, 0.2) is 6.23 Å². The number of carboxylic acid groups (broad SMARTS) is 1. The molecule has 0 fully saturated rings. The molecule has 0 aromatic heterocycles. The summed E-state index contributed by atoms with van der Waals surface area (Å²) in [4.78, 5) is 47.9. The van der Waals surface area contributed by atoms with E-state index in [0.717, 1.165) is 77.0 Å². The number of hydrogen-bond donors (Lipinski definition) is 2. The van der Waals surface area contributed by atoms with Gasteiger partial charge < -0.3 is 15.2 Å². The molecule has 0 aliphatic rings. The maximum atomic E-state index is 12.8. The molecule has 7 heteroatoms. The van der Waals surface area contributed by atoms with Crippen LogP contribution in [0.1, 0.15) is 311 Å². The molecule has 0 aliphatic carbocycles. The maximum Gasteiger partial charge on any atom is 0.307 e. The number of carbonyl (C=O) groups excluding carboxylic acids is 3. The summed E-state index contributed by atoms with van der Waals surface area (Å²) in [5, 5.41) is 11.4. The van der Waals surface area contributed by atoms with E-state index in [1.165, 1.54) is 173 Å². The first kappa shape index (κ1) is 66.4. The van der Waals surface area contributed by atoms with Crippen LogP contribution in [0.25, 0.3) is 0 Å². The predicted molar refractivity (Wildman–Crippen MR) is 288 cm³/mol. The van der Waals surface area contributed by atoms with Crippen molar-refractivity contribution in [2.24, 2.45) is 5.92 Å². The Morgan fingerprint density at radius 3 is 1.09 bits per heavy atom. The maximum absolute atomic E-state index is 12.8. The molecular formula is C60H111NO6. The smallest absolute Gasteiger partial charge is 0.307 e. The molecule has 0 bridgehead atoms. The molecule has 0 heterocycles. The van der Waals surface area contributed by atoms with E-state index < -0.39 is 12.2 Å². The Hall–Kier alpha value is -2.70. The summed E-state index contributed by atoms with van der Waals surface area (Å²) < 4.78 is 5.63. The monoisotopic (exact) mass is 942 g/mol. The Labute approximate surface area is 415 Å². The number of aliphatic carboxylic acids is 1. The molecule has 7 nitrogen and oxygen atoms in total. The first-order valence-electron chi connectivity index (χ1n) is 28.9. The average molecular weight is 943 g/mol. The molecule has 0 aromatic rings. The molecule has 0 aromatic carbocycles. The van der Waals surface area contributed by atoms with Gasteiger partial charge in [0.1, 0.15) is 5.78 Å². The van der Waals surface area contributed by atoms with Gasteiger partial charge in [-0.2, -0.15) is 0 Å². The summed E-state index contributed by atoms with van der Waals surface area (Å²) in [6.45, 7) is 10.4. The van der Waals surface area contributed by atoms with E-state index in [4.69, 9.17) is 9.84 Å². The topological polar surface area (TPSA) is 110 Å². The van der Waals surface area contributed by atoms with Gasteiger partial charge in [0.05, 0.1) is 0 Å². The lowest BCUT2D eigenvalue weighted by Gasteiger charge is -2.20. The van der Waals surface area contributed by atoms with Crippen molar-refractivity contribution >= 4 is 23.6 Å². The van der Waals surface area contributed by atoms with Gasteiger partial charge in [-0.05, 0) is 103 Å². The largest absolute Gasteiger partial charge is 0.481 e. The number of rotatable bonds is 50. The molecule has 0 rings (SSSR count). The fourth-order valence-electron chi connectivity index (χ4n) is 8.35. The van der Waals surface area contributed by atoms with Gasteiger partial charge in [0.25, 0.3) is 0 Å². The van der Waals surface area contributed by atoms with E-state index in [0.29, 0.717) is 19.3 Å². The number of carboxylic acids is 1. The molecule has 2 N–H and O–H groups in total. The number of hydrogen-bond acceptors (Lipinski definition) is 5. The summed E-state index contributed by atoms with van der Waals surface area (Å²) >= 11 is 0. The average Bonchev–Trinajstić information content (AvgIpc) is 3.30. The number of ether oxygens (including phenoxy) is 1. The van der Waals surface area contributed by atoms with Crippen LogP contribution in [0, 0.1) is 5.92 Å². The molecule has 0 saturated heterocycles. The van der Waals surface area contributed by atoms with E-state index in [1.807, 2.05) is 6.92 Å². The highest BCUT2D eigenvalue weighted by Crippen LogP contribution is 2.18. The van der Waals surface area contributed by atoms with Crippen LogP contribution in [-0.2, 0) is 23.9 Å². The number of Topliss-reactive ketones (excluding diaryl/α,β-unsaturated/α-hetero) is 1. The van der Waals surface area contributed by atoms with Gasteiger partial charge in [-0.15, -0.1) is 0 Å². The second-order valence-corrected chi connectivity index (χ2v) is 19.6. The summed E-state index contributed by atoms with van der Waals surface area (Å²) in [7, 11) is 0. The quantitative estimate of drug-likeness (QED) is 0.0272. The van der Waals surface area contributed by atoms with Gasteiger partial charge in [-0.1, -0.05) is 218 Å². The Morgan fingerprint density at radius 1 is 0.418 bits per heavy atom. The number of allylic oxidation sites excluding steroid dienone is 6. The molecule has 392 valence electrons. The minimum atomic E-state index is -0.664. The van der Waals surface area contributed by atoms with Crippen LogP contribution in [0.4, 0.5) is 0 Å². The zero-order chi connectivity index (χ0) is 49.5. The minimum absolute atomic E-state index is 0.0622. The van der Waals surface area contributed by atoms with Crippen molar-refractivity contribution in [3.05, 3.63) is 36.5 Å². The molecule has 1 amide bonds. The predicted octanol–water partition coefficient (Wildman–Crippen LogP) is 18.8. The van der Waals surface area contributed by atoms with E-state index in [-0.39, 0.29) is 30.0 Å². The van der Waals surface area contributed by atoms with Crippen LogP contribution < -0.4 is 5.32 Å². The second kappa shape index (κ2) is 55.9. The van der Waals surface area contributed by atoms with Gasteiger partial charge in [0.2, 0.25) is 5.91 Å². The summed E-state index contributed by atoms with van der Waals surface area (Å²) in [5.41, 5.74) is 0. The highest BCUT2D eigenvalue weighted by molar-refractivity contribution is 5.85. The first-order valence-corrected chi connectivity index (χ1v) is 28.9. The molecule has 0 radical (unpaired) electrons. The standard InChI is InChI=1S/C42H77NO4.C18H34O2/c1-5-8-10-12-14-16-18-20-21-23-25-27-29-31-33-36-42(46)47-41(34-7-3)43-40(45)37-39(38(4)44)35-32-30-28-26-24-22-19-17-15-13-11-9-6-2;1-2-3-4-5-6-7-8-9-10-11-12-13-14-15-16-17-18(19)20/h20-22,24,39,41H,5-19,23,25-37H2,1-4H3,(H,43,45);9-10H,2-8,11-17H2,1H3,(H,19,20). The number of nitrogens with one attached hydrogen (secondary N) is 1. The van der Waals surface area contributed by atoms with Crippen LogP contribution in [0.2, 0.25) is 0 Å². The van der Waals surface area contributed by atoms with Gasteiger partial charge in [-0.25, -0.2) is 0 Å². The van der Waals surface area contributed by atoms with E-state index >= 15 is 0 Å². The molecule has 2 atom stereocenters. The molecule has 2 unspecified atom stereocenters. The fraction of sp³-hybridized carbons (Fsp3) is 0.833. The number of ketones is 1. The lowest BCUT2D eigenvalue weighted by molar-refractivity contribution is -0.153. The van der Waals surface area contributed by atoms with Crippen molar-refractivity contribution in [3.8, 4) is 0 Å².